The minimum Gasteiger partial charge on any atom is -0.349 e. The van der Waals surface area contributed by atoms with E-state index in [9.17, 15) is 4.79 Å². The molecule has 0 saturated carbocycles. The van der Waals surface area contributed by atoms with Crippen LogP contribution in [0.2, 0.25) is 15.1 Å². The lowest BCUT2D eigenvalue weighted by Gasteiger charge is -1.98. The van der Waals surface area contributed by atoms with Gasteiger partial charge in [-0.15, -0.1) is 0 Å². The molecule has 0 unspecified atom stereocenters. The molecular formula is C20H16Cl3NO. The first-order valence-corrected chi connectivity index (χ1v) is 8.68. The Bertz CT molecular complexity index is 808. The average molecular weight is 393 g/mol. The van der Waals surface area contributed by atoms with Crippen molar-refractivity contribution in [3.05, 3.63) is 93.0 Å². The summed E-state index contributed by atoms with van der Waals surface area (Å²) in [7, 11) is 0. The minimum absolute atomic E-state index is 0.174. The molecule has 0 bridgehead atoms. The van der Waals surface area contributed by atoms with Crippen LogP contribution in [0.3, 0.4) is 0 Å². The van der Waals surface area contributed by atoms with Gasteiger partial charge in [0.1, 0.15) is 0 Å². The van der Waals surface area contributed by atoms with Gasteiger partial charge < -0.3 is 5.32 Å². The van der Waals surface area contributed by atoms with Crippen LogP contribution in [-0.2, 0) is 4.79 Å². The molecule has 0 aliphatic heterocycles. The summed E-state index contributed by atoms with van der Waals surface area (Å²) in [5.41, 5.74) is 1.86. The van der Waals surface area contributed by atoms with Crippen molar-refractivity contribution in [1.82, 2.24) is 5.32 Å². The van der Waals surface area contributed by atoms with Crippen molar-refractivity contribution in [2.75, 3.05) is 6.54 Å². The van der Waals surface area contributed by atoms with E-state index in [1.165, 1.54) is 6.08 Å². The highest BCUT2D eigenvalue weighted by atomic mass is 35.5. The smallest absolute Gasteiger partial charge is 0.244 e. The number of hydrogen-bond donors (Lipinski definition) is 1. The molecular weight excluding hydrogens is 377 g/mol. The molecule has 2 nitrogen and oxygen atoms in total. The molecule has 5 heteroatoms. The van der Waals surface area contributed by atoms with E-state index in [0.29, 0.717) is 21.6 Å². The van der Waals surface area contributed by atoms with Crippen molar-refractivity contribution in [3.8, 4) is 0 Å². The Balaban J connectivity index is 1.76. The largest absolute Gasteiger partial charge is 0.349 e. The van der Waals surface area contributed by atoms with Gasteiger partial charge in [0.25, 0.3) is 0 Å². The van der Waals surface area contributed by atoms with E-state index >= 15 is 0 Å². The quantitative estimate of drug-likeness (QED) is 0.471. The van der Waals surface area contributed by atoms with Crippen LogP contribution in [0.5, 0.6) is 0 Å². The molecule has 0 aromatic heterocycles. The normalized spacial score (nSPS) is 11.6. The van der Waals surface area contributed by atoms with Gasteiger partial charge >= 0.3 is 0 Å². The van der Waals surface area contributed by atoms with Gasteiger partial charge in [-0.25, -0.2) is 0 Å². The van der Waals surface area contributed by atoms with Crippen LogP contribution < -0.4 is 5.32 Å². The second-order valence-corrected chi connectivity index (χ2v) is 6.36. The maximum Gasteiger partial charge on any atom is 0.244 e. The van der Waals surface area contributed by atoms with Crippen LogP contribution in [0.25, 0.3) is 12.2 Å². The van der Waals surface area contributed by atoms with Crippen LogP contribution in [0, 0.1) is 0 Å². The Morgan fingerprint density at radius 2 is 1.64 bits per heavy atom. The zero-order chi connectivity index (χ0) is 18.1. The second kappa shape index (κ2) is 10.1. The molecule has 0 aliphatic carbocycles. The van der Waals surface area contributed by atoms with Crippen LogP contribution in [0.4, 0.5) is 0 Å². The van der Waals surface area contributed by atoms with E-state index in [1.807, 2.05) is 48.6 Å². The Hall–Kier alpha value is -2.00. The third kappa shape index (κ3) is 7.18. The van der Waals surface area contributed by atoms with Crippen LogP contribution >= 0.6 is 34.8 Å². The average Bonchev–Trinajstić information content (AvgIpc) is 2.59. The summed E-state index contributed by atoms with van der Waals surface area (Å²) in [6, 6.07) is 12.7. The first-order chi connectivity index (χ1) is 12.0. The topological polar surface area (TPSA) is 29.1 Å². The van der Waals surface area contributed by atoms with E-state index in [1.54, 1.807) is 24.3 Å². The van der Waals surface area contributed by atoms with Gasteiger partial charge in [0, 0.05) is 27.7 Å². The molecule has 1 amide bonds. The van der Waals surface area contributed by atoms with E-state index in [-0.39, 0.29) is 5.91 Å². The monoisotopic (exact) mass is 391 g/mol. The molecule has 2 aromatic carbocycles. The molecule has 0 fully saturated rings. The molecule has 1 N–H and O–H groups in total. The molecule has 0 spiro atoms. The highest BCUT2D eigenvalue weighted by Gasteiger charge is 1.96. The Morgan fingerprint density at radius 1 is 0.920 bits per heavy atom. The predicted molar refractivity (Wildman–Crippen MR) is 108 cm³/mol. The lowest BCUT2D eigenvalue weighted by molar-refractivity contribution is -0.116. The van der Waals surface area contributed by atoms with E-state index in [2.05, 4.69) is 5.32 Å². The lowest BCUT2D eigenvalue weighted by Crippen LogP contribution is -2.20. The highest BCUT2D eigenvalue weighted by molar-refractivity contribution is 6.35. The zero-order valence-electron chi connectivity index (χ0n) is 13.3. The number of hydrogen-bond acceptors (Lipinski definition) is 1. The summed E-state index contributed by atoms with van der Waals surface area (Å²) >= 11 is 17.7. The number of halogens is 3. The number of allylic oxidation sites excluding steroid dienone is 2. The number of nitrogens with one attached hydrogen (secondary N) is 1. The van der Waals surface area contributed by atoms with E-state index in [0.717, 1.165) is 11.1 Å². The van der Waals surface area contributed by atoms with E-state index in [4.69, 9.17) is 34.8 Å². The predicted octanol–water partition coefficient (Wildman–Crippen LogP) is 6.05. The van der Waals surface area contributed by atoms with Crippen LogP contribution in [0.15, 0.2) is 66.8 Å². The Kier molecular flexibility index (Phi) is 7.80. The fourth-order valence-corrected chi connectivity index (χ4v) is 2.52. The summed E-state index contributed by atoms with van der Waals surface area (Å²) in [5, 5.41) is 4.61. The number of amides is 1. The van der Waals surface area contributed by atoms with Gasteiger partial charge in [0.2, 0.25) is 5.91 Å². The summed E-state index contributed by atoms with van der Waals surface area (Å²) < 4.78 is 0. The van der Waals surface area contributed by atoms with Gasteiger partial charge in [-0.05, 0) is 35.4 Å². The van der Waals surface area contributed by atoms with Crippen molar-refractivity contribution in [2.45, 2.75) is 0 Å². The number of rotatable bonds is 6. The second-order valence-electron chi connectivity index (χ2n) is 5.08. The molecule has 0 saturated heterocycles. The first-order valence-electron chi connectivity index (χ1n) is 7.54. The number of benzene rings is 2. The van der Waals surface area contributed by atoms with Crippen molar-refractivity contribution in [3.63, 3.8) is 0 Å². The fourth-order valence-electron chi connectivity index (χ4n) is 1.93. The molecule has 2 aromatic rings. The Labute approximate surface area is 162 Å². The third-order valence-corrected chi connectivity index (χ3v) is 3.99. The zero-order valence-corrected chi connectivity index (χ0v) is 15.5. The molecule has 0 heterocycles. The summed E-state index contributed by atoms with van der Waals surface area (Å²) in [6.07, 6.45) is 10.5. The van der Waals surface area contributed by atoms with Crippen LogP contribution in [0.1, 0.15) is 11.1 Å². The molecule has 128 valence electrons. The maximum atomic E-state index is 11.7. The molecule has 0 atom stereocenters. The standard InChI is InChI=1S/C20H16Cl3NO/c21-17-10-7-15(8-11-17)4-3-13-24-20(25)6-2-1-5-16-9-12-18(22)14-19(16)23/h1-12,14H,13H2,(H,24,25)/b4-3-,5-1+,6-2+. The van der Waals surface area contributed by atoms with Gasteiger partial charge in [-0.1, -0.05) is 83.4 Å². The van der Waals surface area contributed by atoms with Crippen molar-refractivity contribution >= 4 is 52.9 Å². The molecule has 0 aliphatic rings. The van der Waals surface area contributed by atoms with Crippen LogP contribution in [-0.4, -0.2) is 12.5 Å². The molecule has 2 rings (SSSR count). The van der Waals surface area contributed by atoms with Crippen molar-refractivity contribution in [1.29, 1.82) is 0 Å². The first kappa shape index (κ1) is 19.3. The Morgan fingerprint density at radius 3 is 2.36 bits per heavy atom. The summed E-state index contributed by atoms with van der Waals surface area (Å²) in [5.74, 6) is -0.174. The number of carbonyl (C=O) groups excluding carboxylic acids is 1. The van der Waals surface area contributed by atoms with Crippen molar-refractivity contribution < 1.29 is 4.79 Å². The SMILES string of the molecule is O=C(/C=C/C=C/c1ccc(Cl)cc1Cl)NC/C=C\c1ccc(Cl)cc1. The van der Waals surface area contributed by atoms with Gasteiger partial charge in [-0.3, -0.25) is 4.79 Å². The summed E-state index contributed by atoms with van der Waals surface area (Å²) in [6.45, 7) is 0.443. The van der Waals surface area contributed by atoms with Gasteiger partial charge in [-0.2, -0.15) is 0 Å². The number of carbonyl (C=O) groups is 1. The third-order valence-electron chi connectivity index (χ3n) is 3.17. The molecule has 25 heavy (non-hydrogen) atoms. The van der Waals surface area contributed by atoms with Crippen molar-refractivity contribution in [2.24, 2.45) is 0 Å². The highest BCUT2D eigenvalue weighted by Crippen LogP contribution is 2.21. The summed E-state index contributed by atoms with van der Waals surface area (Å²) in [4.78, 5) is 11.7. The lowest BCUT2D eigenvalue weighted by atomic mass is 10.2. The minimum atomic E-state index is -0.174. The van der Waals surface area contributed by atoms with Gasteiger partial charge in [0.05, 0.1) is 0 Å². The maximum absolute atomic E-state index is 11.7. The van der Waals surface area contributed by atoms with Gasteiger partial charge in [0.15, 0.2) is 0 Å². The fraction of sp³-hybridized carbons (Fsp3) is 0.0500. The molecule has 0 radical (unpaired) electrons. The van der Waals surface area contributed by atoms with E-state index < -0.39 is 0 Å².